The number of amides is 1. The van der Waals surface area contributed by atoms with Crippen molar-refractivity contribution in [3.05, 3.63) is 71.5 Å². The van der Waals surface area contributed by atoms with E-state index >= 15 is 0 Å². The molecule has 3 aromatic rings. The maximum Gasteiger partial charge on any atom is 0.371 e. The normalized spacial score (nSPS) is 10.6. The van der Waals surface area contributed by atoms with Gasteiger partial charge in [0.25, 0.3) is 5.91 Å². The molecule has 0 aliphatic rings. The zero-order chi connectivity index (χ0) is 22.5. The third kappa shape index (κ3) is 5.29. The van der Waals surface area contributed by atoms with Crippen LogP contribution in [0.1, 0.15) is 46.2 Å². The highest BCUT2D eigenvalue weighted by Gasteiger charge is 2.14. The van der Waals surface area contributed by atoms with Crippen LogP contribution in [0.2, 0.25) is 0 Å². The average Bonchev–Trinajstić information content (AvgIpc) is 3.24. The maximum atomic E-state index is 12.5. The number of furan rings is 1. The van der Waals surface area contributed by atoms with Gasteiger partial charge in [0, 0.05) is 11.1 Å². The highest BCUT2D eigenvalue weighted by atomic mass is 32.1. The summed E-state index contributed by atoms with van der Waals surface area (Å²) in [6, 6.07) is 15.4. The summed E-state index contributed by atoms with van der Waals surface area (Å²) in [4.78, 5) is 23.5. The van der Waals surface area contributed by atoms with Crippen LogP contribution in [0.5, 0.6) is 5.75 Å². The van der Waals surface area contributed by atoms with Gasteiger partial charge in [-0.05, 0) is 66.2 Å². The summed E-state index contributed by atoms with van der Waals surface area (Å²) in [6.45, 7) is 4.17. The van der Waals surface area contributed by atoms with Gasteiger partial charge in [0.1, 0.15) is 11.5 Å². The van der Waals surface area contributed by atoms with Gasteiger partial charge in [-0.2, -0.15) is 0 Å². The average molecular weight is 439 g/mol. The number of carbonyl (C=O) groups is 2. The predicted octanol–water partition coefficient (Wildman–Crippen LogP) is 4.90. The standard InChI is InChI=1S/C23H22N2O5S/c1-13(2)14-4-6-15(7-5-14)21(26)25-23(31)24-17-12-16(8-9-19(17)29-3)18-10-11-20(30-18)22(27)28/h4-13H,1-3H3,(H,27,28)(H2,24,25,26,31). The first-order valence-corrected chi connectivity index (χ1v) is 9.93. The highest BCUT2D eigenvalue weighted by molar-refractivity contribution is 7.80. The molecule has 2 aromatic carbocycles. The molecule has 0 saturated heterocycles. The molecule has 0 unspecified atom stereocenters. The number of benzene rings is 2. The van der Waals surface area contributed by atoms with Crippen molar-refractivity contribution >= 4 is 34.9 Å². The molecule has 3 N–H and O–H groups in total. The number of methoxy groups -OCH3 is 1. The third-order valence-electron chi connectivity index (χ3n) is 4.62. The molecule has 3 rings (SSSR count). The van der Waals surface area contributed by atoms with Gasteiger partial charge in [0.2, 0.25) is 5.76 Å². The van der Waals surface area contributed by atoms with Crippen LogP contribution in [0.25, 0.3) is 11.3 Å². The van der Waals surface area contributed by atoms with Crippen molar-refractivity contribution in [2.75, 3.05) is 12.4 Å². The lowest BCUT2D eigenvalue weighted by Crippen LogP contribution is -2.34. The minimum atomic E-state index is -1.15. The van der Waals surface area contributed by atoms with Gasteiger partial charge < -0.3 is 19.6 Å². The Morgan fingerprint density at radius 3 is 2.35 bits per heavy atom. The second-order valence-electron chi connectivity index (χ2n) is 7.07. The molecule has 0 aliphatic carbocycles. The predicted molar refractivity (Wildman–Crippen MR) is 122 cm³/mol. The van der Waals surface area contributed by atoms with Gasteiger partial charge in [0.05, 0.1) is 12.8 Å². The Balaban J connectivity index is 1.74. The second kappa shape index (κ2) is 9.44. The van der Waals surface area contributed by atoms with Crippen LogP contribution in [0.3, 0.4) is 0 Å². The molecular formula is C23H22N2O5S. The van der Waals surface area contributed by atoms with Crippen LogP contribution in [-0.4, -0.2) is 29.2 Å². The minimum Gasteiger partial charge on any atom is -0.495 e. The summed E-state index contributed by atoms with van der Waals surface area (Å²) in [5, 5.41) is 14.7. The van der Waals surface area contributed by atoms with Crippen LogP contribution in [0.15, 0.2) is 59.0 Å². The van der Waals surface area contributed by atoms with Gasteiger partial charge in [-0.1, -0.05) is 26.0 Å². The highest BCUT2D eigenvalue weighted by Crippen LogP contribution is 2.31. The molecule has 1 amide bonds. The van der Waals surface area contributed by atoms with Gasteiger partial charge in [-0.25, -0.2) is 4.79 Å². The van der Waals surface area contributed by atoms with Crippen molar-refractivity contribution in [3.63, 3.8) is 0 Å². The minimum absolute atomic E-state index is 0.0963. The summed E-state index contributed by atoms with van der Waals surface area (Å²) in [7, 11) is 1.51. The Labute approximate surface area is 185 Å². The number of aromatic carboxylic acids is 1. The van der Waals surface area contributed by atoms with Crippen molar-refractivity contribution in [1.82, 2.24) is 5.32 Å². The summed E-state index contributed by atoms with van der Waals surface area (Å²) in [6.07, 6.45) is 0. The van der Waals surface area contributed by atoms with E-state index in [1.165, 1.54) is 13.2 Å². The van der Waals surface area contributed by atoms with E-state index in [0.29, 0.717) is 34.2 Å². The largest absolute Gasteiger partial charge is 0.495 e. The fourth-order valence-electron chi connectivity index (χ4n) is 2.92. The number of carboxylic acids is 1. The van der Waals surface area contributed by atoms with E-state index in [1.54, 1.807) is 36.4 Å². The van der Waals surface area contributed by atoms with E-state index in [-0.39, 0.29) is 16.8 Å². The molecule has 0 atom stereocenters. The SMILES string of the molecule is COc1ccc(-c2ccc(C(=O)O)o2)cc1NC(=S)NC(=O)c1ccc(C(C)C)cc1. The van der Waals surface area contributed by atoms with E-state index in [2.05, 4.69) is 24.5 Å². The summed E-state index contributed by atoms with van der Waals surface area (Å²) >= 11 is 5.29. The molecule has 0 radical (unpaired) electrons. The first-order valence-electron chi connectivity index (χ1n) is 9.52. The Bertz CT molecular complexity index is 1120. The Morgan fingerprint density at radius 1 is 1.06 bits per heavy atom. The Kier molecular flexibility index (Phi) is 6.71. The lowest BCUT2D eigenvalue weighted by atomic mass is 10.0. The number of anilines is 1. The van der Waals surface area contributed by atoms with E-state index in [9.17, 15) is 9.59 Å². The van der Waals surface area contributed by atoms with Crippen molar-refractivity contribution in [3.8, 4) is 17.1 Å². The fraction of sp³-hybridized carbons (Fsp3) is 0.174. The lowest BCUT2D eigenvalue weighted by molar-refractivity contribution is 0.0663. The molecule has 0 fully saturated rings. The van der Waals surface area contributed by atoms with Gasteiger partial charge in [-0.15, -0.1) is 0 Å². The zero-order valence-corrected chi connectivity index (χ0v) is 18.1. The van der Waals surface area contributed by atoms with Crippen LogP contribution < -0.4 is 15.4 Å². The van der Waals surface area contributed by atoms with Crippen LogP contribution in [0, 0.1) is 0 Å². The Hall–Kier alpha value is -3.65. The van der Waals surface area contributed by atoms with E-state index in [0.717, 1.165) is 5.56 Å². The molecule has 0 saturated carbocycles. The van der Waals surface area contributed by atoms with Crippen molar-refractivity contribution in [2.24, 2.45) is 0 Å². The van der Waals surface area contributed by atoms with E-state index in [1.807, 2.05) is 12.1 Å². The molecule has 0 aliphatic heterocycles. The Morgan fingerprint density at radius 2 is 1.77 bits per heavy atom. The molecular weight excluding hydrogens is 416 g/mol. The van der Waals surface area contributed by atoms with Crippen molar-refractivity contribution in [1.29, 1.82) is 0 Å². The molecule has 8 heteroatoms. The number of ether oxygens (including phenoxy) is 1. The van der Waals surface area contributed by atoms with Crippen LogP contribution >= 0.6 is 12.2 Å². The zero-order valence-electron chi connectivity index (χ0n) is 17.3. The number of rotatable bonds is 6. The first kappa shape index (κ1) is 22.0. The lowest BCUT2D eigenvalue weighted by Gasteiger charge is -2.14. The molecule has 1 heterocycles. The fourth-order valence-corrected chi connectivity index (χ4v) is 3.12. The molecule has 31 heavy (non-hydrogen) atoms. The van der Waals surface area contributed by atoms with Crippen molar-refractivity contribution < 1.29 is 23.8 Å². The van der Waals surface area contributed by atoms with Crippen molar-refractivity contribution in [2.45, 2.75) is 19.8 Å². The molecule has 160 valence electrons. The topological polar surface area (TPSA) is 101 Å². The summed E-state index contributed by atoms with van der Waals surface area (Å²) in [5.74, 6) is -0.398. The molecule has 0 spiro atoms. The second-order valence-corrected chi connectivity index (χ2v) is 7.48. The quantitative estimate of drug-likeness (QED) is 0.470. The number of carboxylic acid groups (broad SMARTS) is 1. The number of carbonyl (C=O) groups excluding carboxylic acids is 1. The van der Waals surface area contributed by atoms with Gasteiger partial charge in [-0.3, -0.25) is 10.1 Å². The van der Waals surface area contributed by atoms with Crippen LogP contribution in [-0.2, 0) is 0 Å². The molecule has 0 bridgehead atoms. The summed E-state index contributed by atoms with van der Waals surface area (Å²) < 4.78 is 10.7. The van der Waals surface area contributed by atoms with Crippen LogP contribution in [0.4, 0.5) is 5.69 Å². The third-order valence-corrected chi connectivity index (χ3v) is 4.82. The first-order chi connectivity index (χ1) is 14.8. The maximum absolute atomic E-state index is 12.5. The van der Waals surface area contributed by atoms with E-state index < -0.39 is 5.97 Å². The number of hydrogen-bond acceptors (Lipinski definition) is 5. The molecule has 7 nitrogen and oxygen atoms in total. The summed E-state index contributed by atoms with van der Waals surface area (Å²) in [5.41, 5.74) is 2.75. The number of nitrogens with one attached hydrogen (secondary N) is 2. The number of thiocarbonyl (C=S) groups is 1. The smallest absolute Gasteiger partial charge is 0.371 e. The van der Waals surface area contributed by atoms with E-state index in [4.69, 9.17) is 26.5 Å². The van der Waals surface area contributed by atoms with Gasteiger partial charge in [0.15, 0.2) is 5.11 Å². The molecule has 1 aromatic heterocycles. The van der Waals surface area contributed by atoms with Gasteiger partial charge >= 0.3 is 5.97 Å². The monoisotopic (exact) mass is 438 g/mol. The number of hydrogen-bond donors (Lipinski definition) is 3.